The Bertz CT molecular complexity index is 694. The van der Waals surface area contributed by atoms with Crippen molar-refractivity contribution in [2.24, 2.45) is 17.6 Å². The number of nitrogens with zero attached hydrogens (tertiary/aromatic N) is 1. The van der Waals surface area contributed by atoms with Gasteiger partial charge in [0.05, 0.1) is 0 Å². The van der Waals surface area contributed by atoms with Crippen LogP contribution >= 0.6 is 23.7 Å². The van der Waals surface area contributed by atoms with Crippen LogP contribution in [0.25, 0.3) is 0 Å². The zero-order valence-corrected chi connectivity index (χ0v) is 14.8. The predicted octanol–water partition coefficient (Wildman–Crippen LogP) is 3.61. The summed E-state index contributed by atoms with van der Waals surface area (Å²) in [5.74, 6) is 0.0414. The van der Waals surface area contributed by atoms with Gasteiger partial charge in [0.2, 0.25) is 5.91 Å². The maximum absolute atomic E-state index is 13.7. The van der Waals surface area contributed by atoms with Crippen LogP contribution in [0.4, 0.5) is 9.52 Å². The van der Waals surface area contributed by atoms with Crippen LogP contribution in [0, 0.1) is 17.7 Å². The monoisotopic (exact) mass is 369 g/mol. The minimum Gasteiger partial charge on any atom is -0.330 e. The molecule has 1 aliphatic carbocycles. The summed E-state index contributed by atoms with van der Waals surface area (Å²) in [6.45, 7) is 0.550. The minimum absolute atomic E-state index is 0. The summed E-state index contributed by atoms with van der Waals surface area (Å²) in [6.07, 6.45) is 5.14. The highest BCUT2D eigenvalue weighted by molar-refractivity contribution is 7.15. The Morgan fingerprint density at radius 2 is 2.17 bits per heavy atom. The lowest BCUT2D eigenvalue weighted by Crippen LogP contribution is -2.29. The van der Waals surface area contributed by atoms with Gasteiger partial charge in [0.25, 0.3) is 0 Å². The third-order valence-corrected chi connectivity index (χ3v) is 5.32. The predicted molar refractivity (Wildman–Crippen MR) is 97.1 cm³/mol. The molecule has 3 N–H and O–H groups in total. The molecule has 0 unspecified atom stereocenters. The fraction of sp³-hybridized carbons (Fsp3) is 0.412. The van der Waals surface area contributed by atoms with Crippen LogP contribution in [-0.2, 0) is 11.2 Å². The van der Waals surface area contributed by atoms with Crippen molar-refractivity contribution in [2.75, 3.05) is 11.9 Å². The first-order chi connectivity index (χ1) is 11.2. The van der Waals surface area contributed by atoms with E-state index in [0.29, 0.717) is 23.7 Å². The number of hydrogen-bond acceptors (Lipinski definition) is 4. The minimum atomic E-state index is -0.219. The highest BCUT2D eigenvalue weighted by Crippen LogP contribution is 2.32. The second-order valence-corrected chi connectivity index (χ2v) is 7.04. The molecule has 0 radical (unpaired) electrons. The van der Waals surface area contributed by atoms with E-state index in [4.69, 9.17) is 5.73 Å². The van der Waals surface area contributed by atoms with Crippen molar-refractivity contribution >= 4 is 34.8 Å². The average Bonchev–Trinajstić information content (AvgIpc) is 3.18. The van der Waals surface area contributed by atoms with E-state index >= 15 is 0 Å². The van der Waals surface area contributed by atoms with Crippen molar-refractivity contribution in [1.29, 1.82) is 0 Å². The van der Waals surface area contributed by atoms with Gasteiger partial charge < -0.3 is 11.1 Å². The van der Waals surface area contributed by atoms with E-state index in [1.807, 2.05) is 6.07 Å². The van der Waals surface area contributed by atoms with Crippen molar-refractivity contribution in [3.8, 4) is 0 Å². The number of nitrogens with two attached hydrogens (primary N) is 1. The van der Waals surface area contributed by atoms with Crippen molar-refractivity contribution in [2.45, 2.75) is 25.7 Å². The van der Waals surface area contributed by atoms with Gasteiger partial charge >= 0.3 is 0 Å². The highest BCUT2D eigenvalue weighted by Gasteiger charge is 2.32. The quantitative estimate of drug-likeness (QED) is 0.845. The van der Waals surface area contributed by atoms with Gasteiger partial charge in [-0.25, -0.2) is 9.37 Å². The Labute approximate surface area is 151 Å². The molecule has 1 saturated carbocycles. The van der Waals surface area contributed by atoms with Crippen LogP contribution in [0.1, 0.15) is 29.7 Å². The molecule has 130 valence electrons. The normalized spacial score (nSPS) is 19.8. The number of carbonyl (C=O) groups excluding carboxylic acids is 1. The largest absolute Gasteiger partial charge is 0.330 e. The van der Waals surface area contributed by atoms with Crippen LogP contribution in [0.15, 0.2) is 30.5 Å². The molecule has 1 aromatic carbocycles. The van der Waals surface area contributed by atoms with E-state index in [-0.39, 0.29) is 36.0 Å². The third-order valence-electron chi connectivity index (χ3n) is 4.40. The van der Waals surface area contributed by atoms with Crippen LogP contribution in [0.2, 0.25) is 0 Å². The number of benzene rings is 1. The summed E-state index contributed by atoms with van der Waals surface area (Å²) >= 11 is 1.39. The fourth-order valence-electron chi connectivity index (χ4n) is 3.14. The first kappa shape index (κ1) is 18.8. The van der Waals surface area contributed by atoms with Crippen molar-refractivity contribution in [3.63, 3.8) is 0 Å². The first-order valence-corrected chi connectivity index (χ1v) is 8.68. The average molecular weight is 370 g/mol. The van der Waals surface area contributed by atoms with Crippen LogP contribution in [0.3, 0.4) is 0 Å². The molecule has 1 heterocycles. The summed E-state index contributed by atoms with van der Waals surface area (Å²) < 4.78 is 13.7. The summed E-state index contributed by atoms with van der Waals surface area (Å²) in [7, 11) is 0. The molecule has 7 heteroatoms. The molecule has 2 atom stereocenters. The van der Waals surface area contributed by atoms with E-state index < -0.39 is 0 Å². The van der Waals surface area contributed by atoms with E-state index in [1.165, 1.54) is 17.4 Å². The summed E-state index contributed by atoms with van der Waals surface area (Å²) in [4.78, 5) is 17.5. The Hall–Kier alpha value is -1.50. The standard InChI is InChI=1S/C17H20FN3OS.ClH/c18-15-7-2-1-4-11(15)8-13-10-20-17(23-13)21-16(22)14-6-3-5-12(14)9-19;/h1-2,4,7,10,12,14H,3,5-6,8-9,19H2,(H,20,21,22);1H/t12-,14-;/m1./s1. The number of anilines is 1. The van der Waals surface area contributed by atoms with Crippen molar-refractivity contribution in [1.82, 2.24) is 4.98 Å². The lowest BCUT2D eigenvalue weighted by molar-refractivity contribution is -0.120. The maximum atomic E-state index is 13.7. The molecule has 2 aromatic rings. The van der Waals surface area contributed by atoms with Gasteiger partial charge in [0.1, 0.15) is 5.82 Å². The summed E-state index contributed by atoms with van der Waals surface area (Å²) in [5, 5.41) is 3.46. The number of thiazole rings is 1. The van der Waals surface area contributed by atoms with Crippen LogP contribution < -0.4 is 11.1 Å². The highest BCUT2D eigenvalue weighted by atomic mass is 35.5. The molecular weight excluding hydrogens is 349 g/mol. The second-order valence-electron chi connectivity index (χ2n) is 5.92. The van der Waals surface area contributed by atoms with Gasteiger partial charge in [-0.05, 0) is 36.9 Å². The molecule has 1 fully saturated rings. The van der Waals surface area contributed by atoms with Gasteiger partial charge in [0, 0.05) is 23.4 Å². The number of aromatic nitrogens is 1. The van der Waals surface area contributed by atoms with E-state index in [1.54, 1.807) is 18.3 Å². The molecule has 0 spiro atoms. The number of hydrogen-bond donors (Lipinski definition) is 2. The zero-order valence-electron chi connectivity index (χ0n) is 13.2. The molecule has 4 nitrogen and oxygen atoms in total. The molecule has 3 rings (SSSR count). The van der Waals surface area contributed by atoms with Crippen LogP contribution in [0.5, 0.6) is 0 Å². The second kappa shape index (κ2) is 8.55. The van der Waals surface area contributed by atoms with Gasteiger partial charge in [-0.2, -0.15) is 0 Å². The van der Waals surface area contributed by atoms with Crippen LogP contribution in [-0.4, -0.2) is 17.4 Å². The first-order valence-electron chi connectivity index (χ1n) is 7.86. The van der Waals surface area contributed by atoms with Gasteiger partial charge in [-0.1, -0.05) is 24.6 Å². The molecule has 0 aliphatic heterocycles. The lowest BCUT2D eigenvalue weighted by atomic mass is 9.95. The molecule has 0 saturated heterocycles. The number of rotatable bonds is 5. The SMILES string of the molecule is Cl.NC[C@H]1CCC[C@H]1C(=O)Nc1ncc(Cc2ccccc2F)s1. The number of amides is 1. The van der Waals surface area contributed by atoms with Crippen molar-refractivity contribution in [3.05, 3.63) is 46.7 Å². The van der Waals surface area contributed by atoms with Gasteiger partial charge in [-0.3, -0.25) is 4.79 Å². The van der Waals surface area contributed by atoms with Gasteiger partial charge in [-0.15, -0.1) is 23.7 Å². The van der Waals surface area contributed by atoms with Gasteiger partial charge in [0.15, 0.2) is 5.13 Å². The summed E-state index contributed by atoms with van der Waals surface area (Å²) in [6, 6.07) is 6.70. The van der Waals surface area contributed by atoms with E-state index in [0.717, 1.165) is 24.1 Å². The summed E-state index contributed by atoms with van der Waals surface area (Å²) in [5.41, 5.74) is 6.36. The molecule has 1 aromatic heterocycles. The topological polar surface area (TPSA) is 68.0 Å². The number of carbonyl (C=O) groups is 1. The Balaban J connectivity index is 0.00000208. The zero-order chi connectivity index (χ0) is 16.2. The Morgan fingerprint density at radius 1 is 1.38 bits per heavy atom. The molecule has 0 bridgehead atoms. The smallest absolute Gasteiger partial charge is 0.229 e. The number of nitrogens with one attached hydrogen (secondary N) is 1. The van der Waals surface area contributed by atoms with E-state index in [2.05, 4.69) is 10.3 Å². The molecule has 1 amide bonds. The maximum Gasteiger partial charge on any atom is 0.229 e. The third kappa shape index (κ3) is 4.32. The fourth-order valence-corrected chi connectivity index (χ4v) is 3.98. The molecule has 24 heavy (non-hydrogen) atoms. The molecular formula is C17H21ClFN3OS. The van der Waals surface area contributed by atoms with Crippen molar-refractivity contribution < 1.29 is 9.18 Å². The number of halogens is 2. The Kier molecular flexibility index (Phi) is 6.71. The lowest BCUT2D eigenvalue weighted by Gasteiger charge is -2.16. The Morgan fingerprint density at radius 3 is 2.92 bits per heavy atom. The van der Waals surface area contributed by atoms with E-state index in [9.17, 15) is 9.18 Å². The molecule has 1 aliphatic rings.